The Balaban J connectivity index is 0.000000154. The van der Waals surface area contributed by atoms with E-state index in [9.17, 15) is 9.59 Å². The van der Waals surface area contributed by atoms with Crippen LogP contribution in [-0.2, 0) is 26.3 Å². The van der Waals surface area contributed by atoms with Gasteiger partial charge in [-0.25, -0.2) is 9.97 Å². The Hall–Kier alpha value is -6.22. The SMILES string of the molecule is Cn1nc(-c2ccccc2)cc1CCc1nc2ccccc2c(=O)[nH]1.O=c1[nH]c(CCC2=CC(c3ccccc3)=NC2)nc2ccccc12. The van der Waals surface area contributed by atoms with Gasteiger partial charge in [-0.2, -0.15) is 5.10 Å². The minimum Gasteiger partial charge on any atom is -0.310 e. The van der Waals surface area contributed by atoms with Crippen molar-refractivity contribution in [2.75, 3.05) is 6.54 Å². The summed E-state index contributed by atoms with van der Waals surface area (Å²) in [4.78, 5) is 43.7. The third kappa shape index (κ3) is 7.36. The lowest BCUT2D eigenvalue weighted by Crippen LogP contribution is -2.13. The van der Waals surface area contributed by atoms with E-state index in [4.69, 9.17) is 0 Å². The number of aromatic amines is 2. The van der Waals surface area contributed by atoms with Crippen molar-refractivity contribution < 1.29 is 0 Å². The van der Waals surface area contributed by atoms with Crippen molar-refractivity contribution in [1.29, 1.82) is 0 Å². The summed E-state index contributed by atoms with van der Waals surface area (Å²) in [6, 6.07) is 37.2. The predicted octanol–water partition coefficient (Wildman–Crippen LogP) is 6.39. The second-order valence-corrected chi connectivity index (χ2v) is 11.9. The highest BCUT2D eigenvalue weighted by Gasteiger charge is 2.12. The zero-order chi connectivity index (χ0) is 33.6. The van der Waals surface area contributed by atoms with Crippen molar-refractivity contribution in [2.24, 2.45) is 12.0 Å². The van der Waals surface area contributed by atoms with Crippen LogP contribution in [0, 0.1) is 0 Å². The first-order valence-corrected chi connectivity index (χ1v) is 16.3. The van der Waals surface area contributed by atoms with Crippen LogP contribution in [0.4, 0.5) is 0 Å². The molecule has 0 saturated heterocycles. The van der Waals surface area contributed by atoms with Crippen LogP contribution in [0.25, 0.3) is 33.1 Å². The van der Waals surface area contributed by atoms with Gasteiger partial charge in [0, 0.05) is 31.1 Å². The zero-order valence-corrected chi connectivity index (χ0v) is 27.1. The summed E-state index contributed by atoms with van der Waals surface area (Å²) < 4.78 is 1.89. The molecule has 0 aliphatic carbocycles. The highest BCUT2D eigenvalue weighted by Crippen LogP contribution is 2.20. The lowest BCUT2D eigenvalue weighted by Gasteiger charge is -2.03. The van der Waals surface area contributed by atoms with Crippen molar-refractivity contribution in [3.8, 4) is 11.3 Å². The van der Waals surface area contributed by atoms with E-state index in [0.29, 0.717) is 29.4 Å². The van der Waals surface area contributed by atoms with Crippen LogP contribution in [0.1, 0.15) is 29.3 Å². The summed E-state index contributed by atoms with van der Waals surface area (Å²) in [6.45, 7) is 0.724. The summed E-state index contributed by atoms with van der Waals surface area (Å²) >= 11 is 0. The third-order valence-corrected chi connectivity index (χ3v) is 8.53. The van der Waals surface area contributed by atoms with Gasteiger partial charge >= 0.3 is 0 Å². The first-order chi connectivity index (χ1) is 24.0. The van der Waals surface area contributed by atoms with E-state index < -0.39 is 0 Å². The normalized spacial score (nSPS) is 12.4. The maximum Gasteiger partial charge on any atom is 0.258 e. The standard InChI is InChI=1S/C20H18N4O.C20H17N3O/c1-24-15(13-18(23-24)14-7-3-2-4-8-14)11-12-19-21-17-10-6-5-9-16(17)20(25)22-19;24-20-16-8-4-5-9-17(16)22-19(23-20)11-10-14-12-18(21-13-14)15-6-2-1-3-7-15/h2-10,13H,11-12H2,1H3,(H,21,22,25);1-9,12H,10-11,13H2,(H,22,23,24). The van der Waals surface area contributed by atoms with Crippen molar-refractivity contribution in [2.45, 2.75) is 25.7 Å². The van der Waals surface area contributed by atoms with E-state index in [0.717, 1.165) is 64.5 Å². The molecule has 4 aromatic carbocycles. The van der Waals surface area contributed by atoms with Crippen LogP contribution in [0.3, 0.4) is 0 Å². The van der Waals surface area contributed by atoms with Gasteiger partial charge in [0.15, 0.2) is 0 Å². The summed E-state index contributed by atoms with van der Waals surface area (Å²) in [5, 5.41) is 5.84. The van der Waals surface area contributed by atoms with E-state index >= 15 is 0 Å². The zero-order valence-electron chi connectivity index (χ0n) is 27.1. The molecule has 0 amide bonds. The third-order valence-electron chi connectivity index (χ3n) is 8.53. The van der Waals surface area contributed by atoms with Gasteiger partial charge in [-0.3, -0.25) is 19.3 Å². The number of hydrogen-bond acceptors (Lipinski definition) is 6. The highest BCUT2D eigenvalue weighted by molar-refractivity contribution is 6.10. The molecular weight excluding hydrogens is 610 g/mol. The molecule has 0 bridgehead atoms. The maximum atomic E-state index is 12.2. The van der Waals surface area contributed by atoms with Crippen LogP contribution < -0.4 is 11.1 Å². The topological polar surface area (TPSA) is 122 Å². The average Bonchev–Trinajstić information content (AvgIpc) is 3.77. The maximum absolute atomic E-state index is 12.2. The summed E-state index contributed by atoms with van der Waals surface area (Å²) in [5.74, 6) is 1.43. The number of nitrogens with one attached hydrogen (secondary N) is 2. The number of rotatable bonds is 8. The fourth-order valence-electron chi connectivity index (χ4n) is 5.93. The summed E-state index contributed by atoms with van der Waals surface area (Å²) in [7, 11) is 1.94. The Morgan fingerprint density at radius 1 is 0.633 bits per heavy atom. The minimum absolute atomic E-state index is 0.0720. The van der Waals surface area contributed by atoms with E-state index in [1.54, 1.807) is 12.1 Å². The van der Waals surface area contributed by atoms with Crippen molar-refractivity contribution in [3.05, 3.63) is 171 Å². The second-order valence-electron chi connectivity index (χ2n) is 11.9. The van der Waals surface area contributed by atoms with Gasteiger partial charge in [0.1, 0.15) is 11.6 Å². The Morgan fingerprint density at radius 2 is 1.16 bits per heavy atom. The number of hydrogen-bond donors (Lipinski definition) is 2. The van der Waals surface area contributed by atoms with E-state index in [2.05, 4.69) is 66.4 Å². The van der Waals surface area contributed by atoms with Gasteiger partial charge in [-0.1, -0.05) is 84.9 Å². The molecule has 0 unspecified atom stereocenters. The Labute approximate surface area is 282 Å². The van der Waals surface area contributed by atoms with Crippen molar-refractivity contribution in [1.82, 2.24) is 29.7 Å². The fourth-order valence-corrected chi connectivity index (χ4v) is 5.93. The Morgan fingerprint density at radius 3 is 1.78 bits per heavy atom. The molecule has 3 aromatic heterocycles. The number of fused-ring (bicyclic) bond motifs is 2. The van der Waals surface area contributed by atoms with Crippen LogP contribution in [-0.4, -0.2) is 42.0 Å². The highest BCUT2D eigenvalue weighted by atomic mass is 16.1. The molecule has 1 aliphatic rings. The van der Waals surface area contributed by atoms with Gasteiger partial charge in [0.2, 0.25) is 0 Å². The van der Waals surface area contributed by atoms with Gasteiger partial charge < -0.3 is 9.97 Å². The molecule has 4 heterocycles. The second kappa shape index (κ2) is 14.3. The molecule has 0 spiro atoms. The molecule has 0 atom stereocenters. The van der Waals surface area contributed by atoms with Crippen LogP contribution in [0.15, 0.2) is 141 Å². The van der Waals surface area contributed by atoms with Crippen molar-refractivity contribution in [3.63, 3.8) is 0 Å². The van der Waals surface area contributed by atoms with E-state index in [1.807, 2.05) is 84.5 Å². The number of aromatic nitrogens is 6. The fraction of sp³-hybridized carbons (Fsp3) is 0.150. The Bertz CT molecular complexity index is 2420. The quantitative estimate of drug-likeness (QED) is 0.198. The smallest absolute Gasteiger partial charge is 0.258 e. The average molecular weight is 646 g/mol. The number of benzene rings is 4. The van der Waals surface area contributed by atoms with Gasteiger partial charge in [-0.05, 0) is 60.4 Å². The van der Waals surface area contributed by atoms with Gasteiger partial charge in [-0.15, -0.1) is 0 Å². The molecule has 242 valence electrons. The molecular formula is C40H35N7O2. The first kappa shape index (κ1) is 31.4. The van der Waals surface area contributed by atoms with Gasteiger partial charge in [0.05, 0.1) is 39.8 Å². The number of H-pyrrole nitrogens is 2. The summed E-state index contributed by atoms with van der Waals surface area (Å²) in [6.07, 6.45) is 5.13. The molecule has 2 N–H and O–H groups in total. The molecule has 7 aromatic rings. The van der Waals surface area contributed by atoms with Crippen LogP contribution in [0.5, 0.6) is 0 Å². The number of para-hydroxylation sites is 2. The predicted molar refractivity (Wildman–Crippen MR) is 195 cm³/mol. The number of aryl methyl sites for hydroxylation is 4. The molecule has 1 aliphatic heterocycles. The van der Waals surface area contributed by atoms with E-state index in [-0.39, 0.29) is 11.1 Å². The molecule has 0 radical (unpaired) electrons. The van der Waals surface area contributed by atoms with Crippen molar-refractivity contribution >= 4 is 27.5 Å². The molecule has 9 nitrogen and oxygen atoms in total. The lowest BCUT2D eigenvalue weighted by molar-refractivity contribution is 0.696. The number of allylic oxidation sites excluding steroid dienone is 1. The molecule has 49 heavy (non-hydrogen) atoms. The summed E-state index contributed by atoms with van der Waals surface area (Å²) in [5.41, 5.74) is 7.93. The molecule has 0 fully saturated rings. The van der Waals surface area contributed by atoms with Crippen LogP contribution >= 0.6 is 0 Å². The minimum atomic E-state index is -0.0874. The van der Waals surface area contributed by atoms with Crippen LogP contribution in [0.2, 0.25) is 0 Å². The Kier molecular flexibility index (Phi) is 9.14. The first-order valence-electron chi connectivity index (χ1n) is 16.3. The molecule has 9 heteroatoms. The number of aliphatic imine (C=N–C) groups is 1. The largest absolute Gasteiger partial charge is 0.310 e. The lowest BCUT2D eigenvalue weighted by atomic mass is 10.1. The number of nitrogens with zero attached hydrogens (tertiary/aromatic N) is 5. The molecule has 8 rings (SSSR count). The van der Waals surface area contributed by atoms with Gasteiger partial charge in [0.25, 0.3) is 11.1 Å². The monoisotopic (exact) mass is 645 g/mol. The molecule has 0 saturated carbocycles. The van der Waals surface area contributed by atoms with E-state index in [1.165, 1.54) is 5.57 Å².